The highest BCUT2D eigenvalue weighted by atomic mass is 16.2. The fourth-order valence-electron chi connectivity index (χ4n) is 3.86. The van der Waals surface area contributed by atoms with Gasteiger partial charge >= 0.3 is 0 Å². The van der Waals surface area contributed by atoms with Gasteiger partial charge in [0, 0.05) is 49.8 Å². The number of hydrogen-bond donors (Lipinski definition) is 1. The third kappa shape index (κ3) is 4.83. The van der Waals surface area contributed by atoms with Crippen LogP contribution in [0.4, 0.5) is 5.69 Å². The Labute approximate surface area is 182 Å². The summed E-state index contributed by atoms with van der Waals surface area (Å²) in [6.45, 7) is 6.89. The van der Waals surface area contributed by atoms with Crippen molar-refractivity contribution in [3.63, 3.8) is 0 Å². The largest absolute Gasteiger partial charge is 0.336 e. The van der Waals surface area contributed by atoms with Crippen molar-refractivity contribution >= 4 is 17.5 Å². The molecular weight excluding hydrogens is 390 g/mol. The maximum atomic E-state index is 12.8. The van der Waals surface area contributed by atoms with Gasteiger partial charge in [0.1, 0.15) is 0 Å². The number of nitrogens with one attached hydrogen (secondary N) is 1. The zero-order valence-corrected chi connectivity index (χ0v) is 17.9. The monoisotopic (exact) mass is 417 g/mol. The molecule has 31 heavy (non-hydrogen) atoms. The minimum Gasteiger partial charge on any atom is -0.336 e. The van der Waals surface area contributed by atoms with E-state index in [1.807, 2.05) is 73.5 Å². The molecule has 1 N–H and O–H groups in total. The first kappa shape index (κ1) is 20.8. The van der Waals surface area contributed by atoms with Crippen molar-refractivity contribution in [1.82, 2.24) is 19.6 Å². The lowest BCUT2D eigenvalue weighted by atomic mass is 10.1. The molecule has 1 aromatic heterocycles. The third-order valence-electron chi connectivity index (χ3n) is 5.66. The molecule has 7 heteroatoms. The lowest BCUT2D eigenvalue weighted by Crippen LogP contribution is -2.50. The number of carbonyl (C=O) groups is 2. The molecule has 160 valence electrons. The van der Waals surface area contributed by atoms with Crippen molar-refractivity contribution < 1.29 is 9.59 Å². The quantitative estimate of drug-likeness (QED) is 0.693. The smallest absolute Gasteiger partial charge is 0.253 e. The molecule has 0 unspecified atom stereocenters. The summed E-state index contributed by atoms with van der Waals surface area (Å²) in [5.41, 5.74) is 4.59. The van der Waals surface area contributed by atoms with Crippen molar-refractivity contribution in [3.8, 4) is 5.69 Å². The second-order valence-corrected chi connectivity index (χ2v) is 7.88. The Kier molecular flexibility index (Phi) is 6.13. The van der Waals surface area contributed by atoms with Gasteiger partial charge in [-0.15, -0.1) is 0 Å². The molecule has 1 fully saturated rings. The van der Waals surface area contributed by atoms with Crippen LogP contribution in [0, 0.1) is 13.8 Å². The van der Waals surface area contributed by atoms with E-state index in [-0.39, 0.29) is 11.8 Å². The first-order chi connectivity index (χ1) is 15.0. The van der Waals surface area contributed by atoms with Crippen molar-refractivity contribution in [1.29, 1.82) is 0 Å². The molecule has 0 radical (unpaired) electrons. The number of benzene rings is 2. The van der Waals surface area contributed by atoms with E-state index < -0.39 is 0 Å². The highest BCUT2D eigenvalue weighted by Crippen LogP contribution is 2.19. The molecule has 0 bridgehead atoms. The summed E-state index contributed by atoms with van der Waals surface area (Å²) in [5.74, 6) is -0.00182. The number of amides is 2. The van der Waals surface area contributed by atoms with E-state index in [0.717, 1.165) is 22.5 Å². The van der Waals surface area contributed by atoms with E-state index >= 15 is 0 Å². The number of hydrogen-bond acceptors (Lipinski definition) is 4. The first-order valence-corrected chi connectivity index (χ1v) is 10.5. The number of carbonyl (C=O) groups excluding carboxylic acids is 2. The molecule has 4 rings (SSSR count). The molecule has 2 amide bonds. The van der Waals surface area contributed by atoms with Crippen LogP contribution in [-0.2, 0) is 4.79 Å². The Morgan fingerprint density at radius 2 is 1.61 bits per heavy atom. The average molecular weight is 418 g/mol. The second kappa shape index (κ2) is 9.14. The van der Waals surface area contributed by atoms with Crippen LogP contribution in [0.3, 0.4) is 0 Å². The summed E-state index contributed by atoms with van der Waals surface area (Å²) in [4.78, 5) is 29.3. The molecule has 1 aliphatic heterocycles. The van der Waals surface area contributed by atoms with Crippen molar-refractivity contribution in [2.45, 2.75) is 13.8 Å². The Balaban J connectivity index is 1.29. The summed E-state index contributed by atoms with van der Waals surface area (Å²) in [6, 6.07) is 15.3. The van der Waals surface area contributed by atoms with Gasteiger partial charge in [-0.1, -0.05) is 18.2 Å². The molecular formula is C24H27N5O2. The maximum absolute atomic E-state index is 12.8. The van der Waals surface area contributed by atoms with Gasteiger partial charge in [0.2, 0.25) is 5.91 Å². The number of piperazine rings is 1. The molecule has 1 aliphatic rings. The van der Waals surface area contributed by atoms with Crippen LogP contribution in [0.25, 0.3) is 5.69 Å². The number of anilines is 1. The fraction of sp³-hybridized carbons (Fsp3) is 0.292. The highest BCUT2D eigenvalue weighted by Gasteiger charge is 2.23. The minimum absolute atomic E-state index is 0.0200. The van der Waals surface area contributed by atoms with Crippen LogP contribution >= 0.6 is 0 Å². The molecule has 0 atom stereocenters. The van der Waals surface area contributed by atoms with E-state index in [2.05, 4.69) is 15.3 Å². The lowest BCUT2D eigenvalue weighted by molar-refractivity contribution is -0.117. The van der Waals surface area contributed by atoms with E-state index in [0.29, 0.717) is 38.3 Å². The zero-order valence-electron chi connectivity index (χ0n) is 17.9. The van der Waals surface area contributed by atoms with Crippen molar-refractivity contribution in [2.24, 2.45) is 0 Å². The molecule has 2 heterocycles. The third-order valence-corrected chi connectivity index (χ3v) is 5.66. The van der Waals surface area contributed by atoms with Gasteiger partial charge in [0.05, 0.1) is 12.2 Å². The van der Waals surface area contributed by atoms with Crippen LogP contribution in [-0.4, -0.2) is 64.1 Å². The van der Waals surface area contributed by atoms with Crippen LogP contribution < -0.4 is 5.32 Å². The van der Waals surface area contributed by atoms with Gasteiger partial charge in [-0.25, -0.2) is 4.68 Å². The second-order valence-electron chi connectivity index (χ2n) is 7.88. The van der Waals surface area contributed by atoms with Gasteiger partial charge in [0.15, 0.2) is 0 Å². The molecule has 7 nitrogen and oxygen atoms in total. The van der Waals surface area contributed by atoms with E-state index in [1.165, 1.54) is 0 Å². The van der Waals surface area contributed by atoms with Gasteiger partial charge in [0.25, 0.3) is 5.91 Å². The van der Waals surface area contributed by atoms with Crippen molar-refractivity contribution in [2.75, 3.05) is 38.0 Å². The van der Waals surface area contributed by atoms with Gasteiger partial charge < -0.3 is 10.2 Å². The van der Waals surface area contributed by atoms with Crippen molar-refractivity contribution in [3.05, 3.63) is 77.6 Å². The van der Waals surface area contributed by atoms with Gasteiger partial charge in [-0.3, -0.25) is 14.5 Å². The molecule has 0 saturated carbocycles. The lowest BCUT2D eigenvalue weighted by Gasteiger charge is -2.34. The fourth-order valence-corrected chi connectivity index (χ4v) is 3.86. The summed E-state index contributed by atoms with van der Waals surface area (Å²) in [6.07, 6.45) is 3.59. The van der Waals surface area contributed by atoms with Gasteiger partial charge in [-0.2, -0.15) is 5.10 Å². The van der Waals surface area contributed by atoms with Crippen LogP contribution in [0.5, 0.6) is 0 Å². The summed E-state index contributed by atoms with van der Waals surface area (Å²) in [7, 11) is 0. The Bertz CT molecular complexity index is 1030. The summed E-state index contributed by atoms with van der Waals surface area (Å²) < 4.78 is 1.76. The van der Waals surface area contributed by atoms with E-state index in [9.17, 15) is 9.59 Å². The molecule has 3 aromatic rings. The molecule has 2 aromatic carbocycles. The SMILES string of the molecule is Cc1cccc(C)c1NC(=O)CN1CCN(C(=O)c2ccc(-n3cccn3)cc2)CC1. The molecule has 0 spiro atoms. The Hall–Kier alpha value is -3.45. The molecule has 1 saturated heterocycles. The summed E-state index contributed by atoms with van der Waals surface area (Å²) >= 11 is 0. The predicted octanol–water partition coefficient (Wildman–Crippen LogP) is 2.89. The topological polar surface area (TPSA) is 70.5 Å². The predicted molar refractivity (Wildman–Crippen MR) is 120 cm³/mol. The standard InChI is InChI=1S/C24H27N5O2/c1-18-5-3-6-19(2)23(18)26-22(30)17-27-13-15-28(16-14-27)24(31)20-7-9-21(10-8-20)29-12-4-11-25-29/h3-12H,13-17H2,1-2H3,(H,26,30). The van der Waals surface area contributed by atoms with Crippen LogP contribution in [0.2, 0.25) is 0 Å². The normalized spacial score (nSPS) is 14.5. The Morgan fingerprint density at radius 1 is 0.935 bits per heavy atom. The van der Waals surface area contributed by atoms with Crippen LogP contribution in [0.1, 0.15) is 21.5 Å². The molecule has 0 aliphatic carbocycles. The van der Waals surface area contributed by atoms with Gasteiger partial charge in [-0.05, 0) is 55.3 Å². The average Bonchev–Trinajstić information content (AvgIpc) is 3.32. The van der Waals surface area contributed by atoms with E-state index in [4.69, 9.17) is 0 Å². The highest BCUT2D eigenvalue weighted by molar-refractivity contribution is 5.95. The Morgan fingerprint density at radius 3 is 2.23 bits per heavy atom. The zero-order chi connectivity index (χ0) is 21.8. The number of rotatable bonds is 5. The number of aromatic nitrogens is 2. The maximum Gasteiger partial charge on any atom is 0.253 e. The first-order valence-electron chi connectivity index (χ1n) is 10.5. The number of para-hydroxylation sites is 1. The number of nitrogens with zero attached hydrogens (tertiary/aromatic N) is 4. The van der Waals surface area contributed by atoms with Crippen LogP contribution in [0.15, 0.2) is 60.9 Å². The summed E-state index contributed by atoms with van der Waals surface area (Å²) in [5, 5.41) is 7.24. The number of aryl methyl sites for hydroxylation is 2. The van der Waals surface area contributed by atoms with E-state index in [1.54, 1.807) is 10.9 Å². The minimum atomic E-state index is -0.0219.